The Morgan fingerprint density at radius 1 is 1.16 bits per heavy atom. The lowest BCUT2D eigenvalue weighted by molar-refractivity contribution is -0.143. The molecule has 1 heterocycles. The van der Waals surface area contributed by atoms with Crippen LogP contribution in [0.25, 0.3) is 0 Å². The van der Waals surface area contributed by atoms with Crippen LogP contribution in [-0.4, -0.2) is 57.9 Å². The van der Waals surface area contributed by atoms with Crippen LogP contribution < -0.4 is 16.4 Å². The fourth-order valence-corrected chi connectivity index (χ4v) is 4.23. The molecule has 3 rings (SSSR count). The van der Waals surface area contributed by atoms with Crippen molar-refractivity contribution in [3.8, 4) is 0 Å². The topological polar surface area (TPSA) is 145 Å². The van der Waals surface area contributed by atoms with Crippen LogP contribution in [0.1, 0.15) is 44.4 Å². The zero-order valence-corrected chi connectivity index (χ0v) is 21.5. The molecule has 1 unspecified atom stereocenters. The zero-order valence-electron chi connectivity index (χ0n) is 21.5. The predicted molar refractivity (Wildman–Crippen MR) is 136 cm³/mol. The fraction of sp³-hybridized carbons (Fsp3) is 0.385. The Balaban J connectivity index is 1.97. The Hall–Kier alpha value is -4.22. The molecule has 0 bridgehead atoms. The van der Waals surface area contributed by atoms with E-state index in [9.17, 15) is 33.1 Å². The first-order valence-electron chi connectivity index (χ1n) is 12.1. The van der Waals surface area contributed by atoms with Crippen molar-refractivity contribution < 1.29 is 33.1 Å². The molecule has 4 atom stereocenters. The molecule has 0 aliphatic carbocycles. The highest BCUT2D eigenvalue weighted by atomic mass is 19.1. The van der Waals surface area contributed by atoms with Crippen molar-refractivity contribution in [2.75, 3.05) is 18.1 Å². The Labute approximate surface area is 218 Å². The number of para-hydroxylation sites is 1. The smallest absolute Gasteiger partial charge is 0.407 e. The van der Waals surface area contributed by atoms with E-state index in [0.717, 1.165) is 23.1 Å². The molecule has 0 saturated heterocycles. The van der Waals surface area contributed by atoms with Crippen LogP contribution in [0.2, 0.25) is 0 Å². The molecule has 38 heavy (non-hydrogen) atoms. The minimum absolute atomic E-state index is 0.0142. The number of nitrogen functional groups attached to an aromatic ring is 1. The van der Waals surface area contributed by atoms with Gasteiger partial charge in [0.15, 0.2) is 0 Å². The van der Waals surface area contributed by atoms with Crippen LogP contribution in [-0.2, 0) is 20.9 Å². The largest absolute Gasteiger partial charge is 0.465 e. The van der Waals surface area contributed by atoms with E-state index >= 15 is 0 Å². The lowest BCUT2D eigenvalue weighted by atomic mass is 9.96. The average Bonchev–Trinajstić information content (AvgIpc) is 3.26. The zero-order chi connectivity index (χ0) is 28.3. The molecule has 2 aromatic carbocycles. The second-order valence-corrected chi connectivity index (χ2v) is 9.35. The summed E-state index contributed by atoms with van der Waals surface area (Å²) < 4.78 is 28.6. The summed E-state index contributed by atoms with van der Waals surface area (Å²) in [7, 11) is 1.23. The van der Waals surface area contributed by atoms with E-state index < -0.39 is 65.2 Å². The van der Waals surface area contributed by atoms with Crippen molar-refractivity contribution >= 4 is 35.2 Å². The molecule has 4 amide bonds. The number of nitrogens with zero attached hydrogens (tertiary/aromatic N) is 2. The van der Waals surface area contributed by atoms with Gasteiger partial charge in [-0.25, -0.2) is 13.6 Å². The van der Waals surface area contributed by atoms with E-state index in [1.165, 1.54) is 24.9 Å². The van der Waals surface area contributed by atoms with Crippen molar-refractivity contribution in [2.24, 2.45) is 5.92 Å². The van der Waals surface area contributed by atoms with Gasteiger partial charge in [0.25, 0.3) is 5.91 Å². The summed E-state index contributed by atoms with van der Waals surface area (Å²) in [6.07, 6.45) is -0.839. The molecular weight excluding hydrogens is 500 g/mol. The van der Waals surface area contributed by atoms with Gasteiger partial charge in [0.05, 0.1) is 0 Å². The van der Waals surface area contributed by atoms with E-state index in [0.29, 0.717) is 23.2 Å². The maximum absolute atomic E-state index is 14.3. The lowest BCUT2D eigenvalue weighted by Crippen LogP contribution is -2.56. The van der Waals surface area contributed by atoms with Gasteiger partial charge in [0, 0.05) is 19.3 Å². The molecule has 0 aromatic heterocycles. The Morgan fingerprint density at radius 3 is 2.37 bits per heavy atom. The standard InChI is InChI=1S/C26H31F2N5O5/c1-5-13(2)20(30-23(34)14(3)32(4)26(37)38)25(36)33-12-15-9-10-16(29)11-17(15)22(33)24(35)31-21-18(27)7-6-8-19(21)28/h6-11,13-14,20,22H,5,12,29H2,1-4H3,(H,30,34)(H,31,35)(H,37,38)/t13-,14?,20-,22-/m0/s1. The number of amides is 4. The molecule has 0 radical (unpaired) electrons. The summed E-state index contributed by atoms with van der Waals surface area (Å²) in [6, 6.07) is 4.43. The van der Waals surface area contributed by atoms with Crippen LogP contribution in [0.5, 0.6) is 0 Å². The molecule has 1 aliphatic rings. The number of hydrogen-bond donors (Lipinski definition) is 4. The van der Waals surface area contributed by atoms with Gasteiger partial charge in [-0.15, -0.1) is 0 Å². The van der Waals surface area contributed by atoms with E-state index in [1.54, 1.807) is 19.1 Å². The Bertz CT molecular complexity index is 1240. The molecule has 12 heteroatoms. The van der Waals surface area contributed by atoms with Gasteiger partial charge in [-0.05, 0) is 48.2 Å². The normalized spacial score (nSPS) is 16.7. The van der Waals surface area contributed by atoms with Crippen molar-refractivity contribution in [3.63, 3.8) is 0 Å². The summed E-state index contributed by atoms with van der Waals surface area (Å²) in [4.78, 5) is 53.5. The Morgan fingerprint density at radius 2 is 1.79 bits per heavy atom. The minimum atomic E-state index is -1.32. The van der Waals surface area contributed by atoms with Crippen LogP contribution in [0.15, 0.2) is 36.4 Å². The van der Waals surface area contributed by atoms with E-state index in [-0.39, 0.29) is 6.54 Å². The van der Waals surface area contributed by atoms with Crippen molar-refractivity contribution in [1.82, 2.24) is 15.1 Å². The number of benzene rings is 2. The number of halogens is 2. The highest BCUT2D eigenvalue weighted by molar-refractivity contribution is 6.00. The van der Waals surface area contributed by atoms with Gasteiger partial charge >= 0.3 is 6.09 Å². The molecule has 2 aromatic rings. The maximum Gasteiger partial charge on any atom is 0.407 e. The first-order valence-corrected chi connectivity index (χ1v) is 12.1. The van der Waals surface area contributed by atoms with E-state index in [4.69, 9.17) is 5.73 Å². The molecule has 1 aliphatic heterocycles. The van der Waals surface area contributed by atoms with Crippen LogP contribution in [0.3, 0.4) is 0 Å². The third kappa shape index (κ3) is 5.68. The van der Waals surface area contributed by atoms with Gasteiger partial charge in [-0.2, -0.15) is 0 Å². The van der Waals surface area contributed by atoms with E-state index in [2.05, 4.69) is 10.6 Å². The second-order valence-electron chi connectivity index (χ2n) is 9.35. The third-order valence-electron chi connectivity index (χ3n) is 6.90. The fourth-order valence-electron chi connectivity index (χ4n) is 4.23. The Kier molecular flexibility index (Phi) is 8.54. The predicted octanol–water partition coefficient (Wildman–Crippen LogP) is 3.10. The first kappa shape index (κ1) is 28.4. The number of carbonyl (C=O) groups is 4. The number of hydrogen-bond acceptors (Lipinski definition) is 5. The van der Waals surface area contributed by atoms with Crippen LogP contribution >= 0.6 is 0 Å². The number of fused-ring (bicyclic) bond motifs is 1. The number of nitrogens with one attached hydrogen (secondary N) is 2. The van der Waals surface area contributed by atoms with Crippen molar-refractivity contribution in [2.45, 2.75) is 51.9 Å². The minimum Gasteiger partial charge on any atom is -0.465 e. The molecule has 0 fully saturated rings. The van der Waals surface area contributed by atoms with Crippen LogP contribution in [0.4, 0.5) is 25.0 Å². The highest BCUT2D eigenvalue weighted by Crippen LogP contribution is 2.37. The lowest BCUT2D eigenvalue weighted by Gasteiger charge is -2.33. The van der Waals surface area contributed by atoms with Gasteiger partial charge in [-0.3, -0.25) is 19.3 Å². The molecule has 204 valence electrons. The van der Waals surface area contributed by atoms with Gasteiger partial charge < -0.3 is 26.4 Å². The van der Waals surface area contributed by atoms with Gasteiger partial charge in [0.1, 0.15) is 35.4 Å². The summed E-state index contributed by atoms with van der Waals surface area (Å²) in [5.74, 6) is -4.52. The highest BCUT2D eigenvalue weighted by Gasteiger charge is 2.43. The monoisotopic (exact) mass is 531 g/mol. The number of rotatable bonds is 8. The van der Waals surface area contributed by atoms with Gasteiger partial charge in [0.2, 0.25) is 11.8 Å². The summed E-state index contributed by atoms with van der Waals surface area (Å²) in [5, 5.41) is 14.1. The van der Waals surface area contributed by atoms with Crippen molar-refractivity contribution in [3.05, 3.63) is 59.2 Å². The molecule has 0 spiro atoms. The van der Waals surface area contributed by atoms with Crippen LogP contribution in [0, 0.1) is 17.6 Å². The average molecular weight is 532 g/mol. The molecular formula is C26H31F2N5O5. The number of carboxylic acid groups (broad SMARTS) is 1. The summed E-state index contributed by atoms with van der Waals surface area (Å²) in [5.41, 5.74) is 6.60. The molecule has 0 saturated carbocycles. The first-order chi connectivity index (χ1) is 17.9. The molecule has 10 nitrogen and oxygen atoms in total. The SMILES string of the molecule is CC[C@H](C)[C@H](NC(=O)C(C)N(C)C(=O)O)C(=O)N1Cc2ccc(N)cc2[C@H]1C(=O)Nc1c(F)cccc1F. The van der Waals surface area contributed by atoms with E-state index in [1.807, 2.05) is 6.92 Å². The summed E-state index contributed by atoms with van der Waals surface area (Å²) >= 11 is 0. The number of nitrogens with two attached hydrogens (primary N) is 1. The number of anilines is 2. The third-order valence-corrected chi connectivity index (χ3v) is 6.90. The second kappa shape index (κ2) is 11.4. The number of carbonyl (C=O) groups excluding carboxylic acids is 3. The summed E-state index contributed by atoms with van der Waals surface area (Å²) in [6.45, 7) is 4.92. The maximum atomic E-state index is 14.3. The van der Waals surface area contributed by atoms with Gasteiger partial charge in [-0.1, -0.05) is 32.4 Å². The quantitative estimate of drug-likeness (QED) is 0.385. The van der Waals surface area contributed by atoms with Crippen molar-refractivity contribution in [1.29, 1.82) is 0 Å². The molecule has 5 N–H and O–H groups in total. The number of likely N-dealkylation sites (N-methyl/N-ethyl adjacent to an activating group) is 1.